The van der Waals surface area contributed by atoms with Gasteiger partial charge in [0.05, 0.1) is 5.69 Å². The fourth-order valence-electron chi connectivity index (χ4n) is 1.17. The molecular weight excluding hydrogens is 265 g/mol. The Balaban J connectivity index is 3.12. The number of halogens is 1. The van der Waals surface area contributed by atoms with Gasteiger partial charge in [0.1, 0.15) is 3.70 Å². The molecule has 1 aromatic heterocycles. The van der Waals surface area contributed by atoms with Crippen LogP contribution in [0.4, 0.5) is 0 Å². The van der Waals surface area contributed by atoms with Gasteiger partial charge in [0.25, 0.3) is 0 Å². The lowest BCUT2D eigenvalue weighted by atomic mass is 10.1. The van der Waals surface area contributed by atoms with Gasteiger partial charge in [-0.3, -0.25) is 0 Å². The highest BCUT2D eigenvalue weighted by atomic mass is 127. The molecule has 0 unspecified atom stereocenters. The number of hydrogen-bond acceptors (Lipinski definition) is 2. The molecule has 0 aliphatic heterocycles. The minimum Gasteiger partial charge on any atom is -0.246 e. The molecule has 0 spiro atoms. The number of nitrogens with zero attached hydrogens (tertiary/aromatic N) is 3. The van der Waals surface area contributed by atoms with Crippen LogP contribution in [-0.4, -0.2) is 15.0 Å². The van der Waals surface area contributed by atoms with Crippen LogP contribution < -0.4 is 0 Å². The largest absolute Gasteiger partial charge is 0.246 e. The van der Waals surface area contributed by atoms with Gasteiger partial charge in [-0.25, -0.2) is 4.68 Å². The van der Waals surface area contributed by atoms with Crippen molar-refractivity contribution < 1.29 is 0 Å². The second-order valence-electron chi connectivity index (χ2n) is 3.46. The van der Waals surface area contributed by atoms with Gasteiger partial charge in [-0.2, -0.15) is 0 Å². The predicted octanol–water partition coefficient (Wildman–Crippen LogP) is 2.59. The maximum absolute atomic E-state index is 4.10. The van der Waals surface area contributed by atoms with E-state index >= 15 is 0 Å². The summed E-state index contributed by atoms with van der Waals surface area (Å²) in [4.78, 5) is 0. The number of rotatable bonds is 2. The summed E-state index contributed by atoms with van der Waals surface area (Å²) < 4.78 is 3.02. The Hall–Kier alpha value is -0.130. The minimum atomic E-state index is 0.401. The second-order valence-corrected chi connectivity index (χ2v) is 4.48. The molecule has 0 aliphatic carbocycles. The van der Waals surface area contributed by atoms with Crippen LogP contribution in [-0.2, 0) is 0 Å². The Labute approximate surface area is 86.7 Å². The number of aromatic nitrogens is 3. The van der Waals surface area contributed by atoms with Crippen molar-refractivity contribution in [3.63, 3.8) is 0 Å². The molecular formula is C8H14IN3. The lowest BCUT2D eigenvalue weighted by Crippen LogP contribution is -2.09. The molecule has 12 heavy (non-hydrogen) atoms. The highest BCUT2D eigenvalue weighted by molar-refractivity contribution is 14.1. The molecule has 4 heteroatoms. The third kappa shape index (κ3) is 1.78. The molecule has 1 rings (SSSR count). The fraction of sp³-hybridized carbons (Fsp3) is 0.750. The van der Waals surface area contributed by atoms with E-state index < -0.39 is 0 Å². The Morgan fingerprint density at radius 2 is 1.83 bits per heavy atom. The van der Waals surface area contributed by atoms with E-state index in [9.17, 15) is 0 Å². The van der Waals surface area contributed by atoms with Crippen LogP contribution in [0.25, 0.3) is 0 Å². The third-order valence-electron chi connectivity index (χ3n) is 1.72. The first-order chi connectivity index (χ1) is 5.54. The van der Waals surface area contributed by atoms with Gasteiger partial charge in [0.15, 0.2) is 0 Å². The van der Waals surface area contributed by atoms with E-state index in [-0.39, 0.29) is 0 Å². The van der Waals surface area contributed by atoms with Crippen LogP contribution in [0.5, 0.6) is 0 Å². The van der Waals surface area contributed by atoms with E-state index in [0.29, 0.717) is 12.0 Å². The molecule has 0 fully saturated rings. The third-order valence-corrected chi connectivity index (χ3v) is 2.49. The molecule has 1 aromatic rings. The summed E-state index contributed by atoms with van der Waals surface area (Å²) in [5.41, 5.74) is 1.24. The zero-order valence-electron chi connectivity index (χ0n) is 7.87. The van der Waals surface area contributed by atoms with Gasteiger partial charge >= 0.3 is 0 Å². The van der Waals surface area contributed by atoms with E-state index in [1.807, 2.05) is 4.68 Å². The quantitative estimate of drug-likeness (QED) is 0.779. The molecule has 0 saturated heterocycles. The van der Waals surface area contributed by atoms with E-state index in [2.05, 4.69) is 60.6 Å². The molecule has 0 saturated carbocycles. The first kappa shape index (κ1) is 9.95. The summed E-state index contributed by atoms with van der Waals surface area (Å²) in [5.74, 6) is 0.495. The van der Waals surface area contributed by atoms with Crippen molar-refractivity contribution in [2.75, 3.05) is 0 Å². The lowest BCUT2D eigenvalue weighted by Gasteiger charge is -2.11. The highest BCUT2D eigenvalue weighted by Crippen LogP contribution is 2.21. The maximum Gasteiger partial charge on any atom is 0.146 e. The van der Waals surface area contributed by atoms with Gasteiger partial charge in [-0.05, 0) is 42.4 Å². The SMILES string of the molecule is CC(C)c1c(I)nnn1C(C)C. The van der Waals surface area contributed by atoms with E-state index in [4.69, 9.17) is 0 Å². The van der Waals surface area contributed by atoms with E-state index in [1.165, 1.54) is 5.69 Å². The average Bonchev–Trinajstić information content (AvgIpc) is 2.30. The van der Waals surface area contributed by atoms with Gasteiger partial charge in [-0.1, -0.05) is 19.1 Å². The molecule has 1 heterocycles. The van der Waals surface area contributed by atoms with Crippen molar-refractivity contribution >= 4 is 22.6 Å². The Bertz CT molecular complexity index is 265. The summed E-state index contributed by atoms with van der Waals surface area (Å²) in [6.45, 7) is 8.58. The fourth-order valence-corrected chi connectivity index (χ4v) is 2.13. The van der Waals surface area contributed by atoms with Crippen LogP contribution in [0.1, 0.15) is 45.3 Å². The van der Waals surface area contributed by atoms with Crippen LogP contribution in [0.3, 0.4) is 0 Å². The van der Waals surface area contributed by atoms with Crippen LogP contribution in [0, 0.1) is 3.70 Å². The van der Waals surface area contributed by atoms with Crippen molar-refractivity contribution in [1.29, 1.82) is 0 Å². The van der Waals surface area contributed by atoms with Crippen LogP contribution in [0.2, 0.25) is 0 Å². The van der Waals surface area contributed by atoms with Crippen molar-refractivity contribution in [3.05, 3.63) is 9.39 Å². The molecule has 0 N–H and O–H groups in total. The van der Waals surface area contributed by atoms with Crippen LogP contribution in [0.15, 0.2) is 0 Å². The molecule has 0 atom stereocenters. The van der Waals surface area contributed by atoms with Crippen molar-refractivity contribution in [2.45, 2.75) is 39.7 Å². The molecule has 0 aliphatic rings. The molecule has 0 aromatic carbocycles. The monoisotopic (exact) mass is 279 g/mol. The van der Waals surface area contributed by atoms with Crippen molar-refractivity contribution in [1.82, 2.24) is 15.0 Å². The topological polar surface area (TPSA) is 30.7 Å². The summed E-state index contributed by atoms with van der Waals surface area (Å²) >= 11 is 2.24. The Morgan fingerprint density at radius 1 is 1.25 bits per heavy atom. The van der Waals surface area contributed by atoms with Gasteiger partial charge in [-0.15, -0.1) is 5.10 Å². The molecule has 0 amide bonds. The first-order valence-electron chi connectivity index (χ1n) is 4.14. The van der Waals surface area contributed by atoms with Crippen LogP contribution >= 0.6 is 22.6 Å². The zero-order valence-corrected chi connectivity index (χ0v) is 10.0. The molecule has 3 nitrogen and oxygen atoms in total. The second kappa shape index (κ2) is 3.72. The standard InChI is InChI=1S/C8H14IN3/c1-5(2)7-8(9)10-11-12(7)6(3)4/h5-6H,1-4H3. The van der Waals surface area contributed by atoms with Gasteiger partial charge in [0.2, 0.25) is 0 Å². The highest BCUT2D eigenvalue weighted by Gasteiger charge is 2.15. The van der Waals surface area contributed by atoms with Gasteiger partial charge < -0.3 is 0 Å². The molecule has 0 radical (unpaired) electrons. The van der Waals surface area contributed by atoms with E-state index in [1.54, 1.807) is 0 Å². The minimum absolute atomic E-state index is 0.401. The van der Waals surface area contributed by atoms with Gasteiger partial charge in [0, 0.05) is 6.04 Å². The van der Waals surface area contributed by atoms with Crippen molar-refractivity contribution in [2.24, 2.45) is 0 Å². The molecule has 68 valence electrons. The smallest absolute Gasteiger partial charge is 0.146 e. The summed E-state index contributed by atoms with van der Waals surface area (Å²) in [6, 6.07) is 0.401. The predicted molar refractivity (Wildman–Crippen MR) is 57.2 cm³/mol. The average molecular weight is 279 g/mol. The summed E-state index contributed by atoms with van der Waals surface area (Å²) in [6.07, 6.45) is 0. The Kier molecular flexibility index (Phi) is 3.09. The lowest BCUT2D eigenvalue weighted by molar-refractivity contribution is 0.484. The van der Waals surface area contributed by atoms with Crippen molar-refractivity contribution in [3.8, 4) is 0 Å². The van der Waals surface area contributed by atoms with E-state index in [0.717, 1.165) is 3.70 Å². The first-order valence-corrected chi connectivity index (χ1v) is 5.22. The number of hydrogen-bond donors (Lipinski definition) is 0. The zero-order chi connectivity index (χ0) is 9.30. The normalized spacial score (nSPS) is 11.6. The molecule has 0 bridgehead atoms. The Morgan fingerprint density at radius 3 is 2.17 bits per heavy atom. The summed E-state index contributed by atoms with van der Waals surface area (Å²) in [7, 11) is 0. The maximum atomic E-state index is 4.10. The summed E-state index contributed by atoms with van der Waals surface area (Å²) in [5, 5.41) is 8.15.